The molecule has 1 aromatic rings. The van der Waals surface area contributed by atoms with Crippen molar-refractivity contribution in [3.05, 3.63) is 17.5 Å². The van der Waals surface area contributed by atoms with Crippen LogP contribution in [0.1, 0.15) is 24.3 Å². The number of amides is 1. The lowest BCUT2D eigenvalue weighted by atomic mass is 10.0. The van der Waals surface area contributed by atoms with Crippen LogP contribution in [0.4, 0.5) is 0 Å². The number of primary amides is 1. The summed E-state index contributed by atoms with van der Waals surface area (Å²) in [7, 11) is 0. The number of aryl methyl sites for hydroxylation is 1. The molecule has 1 amide bonds. The number of aromatic nitrogens is 1. The third-order valence-electron chi connectivity index (χ3n) is 3.22. The molecule has 0 bridgehead atoms. The van der Waals surface area contributed by atoms with Crippen LogP contribution in [-0.4, -0.2) is 41.6 Å². The highest BCUT2D eigenvalue weighted by atomic mass is 16.5. The van der Waals surface area contributed by atoms with Gasteiger partial charge in [0.2, 0.25) is 5.91 Å². The summed E-state index contributed by atoms with van der Waals surface area (Å²) in [5, 5.41) is 7.18. The van der Waals surface area contributed by atoms with E-state index in [-0.39, 0.29) is 12.5 Å². The van der Waals surface area contributed by atoms with Crippen LogP contribution in [0, 0.1) is 6.92 Å². The lowest BCUT2D eigenvalue weighted by Gasteiger charge is -2.33. The van der Waals surface area contributed by atoms with Gasteiger partial charge in [-0.05, 0) is 32.9 Å². The van der Waals surface area contributed by atoms with E-state index >= 15 is 0 Å². The van der Waals surface area contributed by atoms with Crippen molar-refractivity contribution in [1.82, 2.24) is 15.4 Å². The summed E-state index contributed by atoms with van der Waals surface area (Å²) in [4.78, 5) is 13.3. The van der Waals surface area contributed by atoms with Gasteiger partial charge in [0.15, 0.2) is 5.76 Å². The van der Waals surface area contributed by atoms with Gasteiger partial charge in [-0.15, -0.1) is 0 Å². The van der Waals surface area contributed by atoms with Gasteiger partial charge in [0.1, 0.15) is 0 Å². The number of carbonyl (C=O) groups is 1. The summed E-state index contributed by atoms with van der Waals surface area (Å²) >= 11 is 0. The van der Waals surface area contributed by atoms with Crippen molar-refractivity contribution in [2.24, 2.45) is 5.73 Å². The molecule has 100 valence electrons. The van der Waals surface area contributed by atoms with Gasteiger partial charge < -0.3 is 15.6 Å². The fraction of sp³-hybridized carbons (Fsp3) is 0.667. The van der Waals surface area contributed by atoms with Crippen LogP contribution in [0.25, 0.3) is 0 Å². The third-order valence-corrected chi connectivity index (χ3v) is 3.22. The van der Waals surface area contributed by atoms with Crippen LogP contribution in [0.15, 0.2) is 10.6 Å². The number of hydrogen-bond acceptors (Lipinski definition) is 5. The first-order valence-electron chi connectivity index (χ1n) is 6.30. The number of nitrogens with one attached hydrogen (secondary N) is 1. The second-order valence-electron chi connectivity index (χ2n) is 4.79. The van der Waals surface area contributed by atoms with Crippen LogP contribution >= 0.6 is 0 Å². The Kier molecular flexibility index (Phi) is 4.33. The smallest absolute Gasteiger partial charge is 0.231 e. The zero-order valence-corrected chi connectivity index (χ0v) is 10.7. The molecule has 1 fully saturated rings. The Bertz CT molecular complexity index is 399. The Balaban J connectivity index is 2.01. The largest absolute Gasteiger partial charge is 0.369 e. The standard InChI is InChI=1S/C12H20N4O2/c1-9-6-11(18-15-9)7-16(8-12(13)17)10-2-4-14-5-3-10/h6,10,14H,2-5,7-8H2,1H3,(H2,13,17). The van der Waals surface area contributed by atoms with Crippen molar-refractivity contribution < 1.29 is 9.32 Å². The molecule has 3 N–H and O–H groups in total. The number of nitrogens with two attached hydrogens (primary N) is 1. The number of nitrogens with zero attached hydrogens (tertiary/aromatic N) is 2. The second kappa shape index (κ2) is 5.97. The predicted molar refractivity (Wildman–Crippen MR) is 66.7 cm³/mol. The van der Waals surface area contributed by atoms with Crippen LogP contribution in [0.5, 0.6) is 0 Å². The summed E-state index contributed by atoms with van der Waals surface area (Å²) in [5.41, 5.74) is 6.17. The Morgan fingerprint density at radius 1 is 1.61 bits per heavy atom. The maximum Gasteiger partial charge on any atom is 0.231 e. The maximum atomic E-state index is 11.2. The monoisotopic (exact) mass is 252 g/mol. The Morgan fingerprint density at radius 3 is 2.89 bits per heavy atom. The lowest BCUT2D eigenvalue weighted by Crippen LogP contribution is -2.46. The molecule has 2 rings (SSSR count). The highest BCUT2D eigenvalue weighted by Gasteiger charge is 2.23. The molecule has 0 saturated carbocycles. The molecule has 0 unspecified atom stereocenters. The molecule has 0 radical (unpaired) electrons. The van der Waals surface area contributed by atoms with Crippen LogP contribution in [0.3, 0.4) is 0 Å². The first-order chi connectivity index (χ1) is 8.65. The third kappa shape index (κ3) is 3.54. The van der Waals surface area contributed by atoms with Gasteiger partial charge in [0.05, 0.1) is 18.8 Å². The number of piperidine rings is 1. The summed E-state index contributed by atoms with van der Waals surface area (Å²) in [6.07, 6.45) is 2.06. The van der Waals surface area contributed by atoms with Crippen molar-refractivity contribution in [3.63, 3.8) is 0 Å². The van der Waals surface area contributed by atoms with Crippen molar-refractivity contribution in [2.75, 3.05) is 19.6 Å². The molecular formula is C12H20N4O2. The molecule has 18 heavy (non-hydrogen) atoms. The quantitative estimate of drug-likeness (QED) is 0.772. The molecule has 0 aromatic carbocycles. The summed E-state index contributed by atoms with van der Waals surface area (Å²) in [6, 6.07) is 2.28. The minimum absolute atomic E-state index is 0.268. The lowest BCUT2D eigenvalue weighted by molar-refractivity contribution is -0.120. The Labute approximate surface area is 106 Å². The molecule has 1 saturated heterocycles. The topological polar surface area (TPSA) is 84.4 Å². The molecule has 1 aromatic heterocycles. The first-order valence-corrected chi connectivity index (χ1v) is 6.30. The average molecular weight is 252 g/mol. The van der Waals surface area contributed by atoms with Crippen molar-refractivity contribution in [2.45, 2.75) is 32.4 Å². The first kappa shape index (κ1) is 13.0. The highest BCUT2D eigenvalue weighted by Crippen LogP contribution is 2.15. The minimum atomic E-state index is -0.301. The van der Waals surface area contributed by atoms with Crippen LogP contribution in [-0.2, 0) is 11.3 Å². The summed E-state index contributed by atoms with van der Waals surface area (Å²) in [5.74, 6) is 0.483. The molecule has 1 aliphatic heterocycles. The molecule has 0 aliphatic carbocycles. The maximum absolute atomic E-state index is 11.2. The second-order valence-corrected chi connectivity index (χ2v) is 4.79. The number of hydrogen-bond donors (Lipinski definition) is 2. The Hall–Kier alpha value is -1.40. The van der Waals surface area contributed by atoms with Gasteiger partial charge in [0.25, 0.3) is 0 Å². The SMILES string of the molecule is Cc1cc(CN(CC(N)=O)C2CCNCC2)on1. The van der Waals surface area contributed by atoms with E-state index in [4.69, 9.17) is 10.3 Å². The highest BCUT2D eigenvalue weighted by molar-refractivity contribution is 5.75. The molecule has 6 nitrogen and oxygen atoms in total. The van der Waals surface area contributed by atoms with Crippen LogP contribution in [0.2, 0.25) is 0 Å². The van der Waals surface area contributed by atoms with Gasteiger partial charge in [0, 0.05) is 12.1 Å². The fourth-order valence-electron chi connectivity index (χ4n) is 2.38. The van der Waals surface area contributed by atoms with E-state index in [1.807, 2.05) is 13.0 Å². The van der Waals surface area contributed by atoms with E-state index in [0.717, 1.165) is 37.4 Å². The van der Waals surface area contributed by atoms with Crippen molar-refractivity contribution in [3.8, 4) is 0 Å². The van der Waals surface area contributed by atoms with E-state index in [2.05, 4.69) is 15.4 Å². The van der Waals surface area contributed by atoms with E-state index in [1.165, 1.54) is 0 Å². The molecule has 0 atom stereocenters. The van der Waals surface area contributed by atoms with Gasteiger partial charge in [-0.2, -0.15) is 0 Å². The zero-order chi connectivity index (χ0) is 13.0. The van der Waals surface area contributed by atoms with Crippen LogP contribution < -0.4 is 11.1 Å². The molecule has 6 heteroatoms. The van der Waals surface area contributed by atoms with Crippen molar-refractivity contribution in [1.29, 1.82) is 0 Å². The minimum Gasteiger partial charge on any atom is -0.369 e. The molecule has 2 heterocycles. The summed E-state index contributed by atoms with van der Waals surface area (Å²) < 4.78 is 5.21. The zero-order valence-electron chi connectivity index (χ0n) is 10.7. The van der Waals surface area contributed by atoms with E-state index in [9.17, 15) is 4.79 Å². The van der Waals surface area contributed by atoms with Crippen molar-refractivity contribution >= 4 is 5.91 Å². The van der Waals surface area contributed by atoms with Gasteiger partial charge in [-0.3, -0.25) is 9.69 Å². The van der Waals surface area contributed by atoms with E-state index in [1.54, 1.807) is 0 Å². The van der Waals surface area contributed by atoms with Gasteiger partial charge in [-0.1, -0.05) is 5.16 Å². The number of carbonyl (C=O) groups excluding carboxylic acids is 1. The number of rotatable bonds is 5. The molecule has 1 aliphatic rings. The van der Waals surface area contributed by atoms with Gasteiger partial charge in [-0.25, -0.2) is 0 Å². The average Bonchev–Trinajstić information content (AvgIpc) is 2.75. The fourth-order valence-corrected chi connectivity index (χ4v) is 2.38. The summed E-state index contributed by atoms with van der Waals surface area (Å²) in [6.45, 7) is 4.71. The molecule has 0 spiro atoms. The Morgan fingerprint density at radius 2 is 2.33 bits per heavy atom. The predicted octanol–water partition coefficient (Wildman–Crippen LogP) is 0.0223. The van der Waals surface area contributed by atoms with Gasteiger partial charge >= 0.3 is 0 Å². The van der Waals surface area contributed by atoms with E-state index in [0.29, 0.717) is 12.6 Å². The normalized spacial score (nSPS) is 17.2. The molecular weight excluding hydrogens is 232 g/mol. The van der Waals surface area contributed by atoms with E-state index < -0.39 is 0 Å².